The molecule has 0 fully saturated rings. The van der Waals surface area contributed by atoms with Gasteiger partial charge in [0.2, 0.25) is 0 Å². The average Bonchev–Trinajstić information content (AvgIpc) is 2.37. The first-order valence-electron chi connectivity index (χ1n) is 6.10. The van der Waals surface area contributed by atoms with Gasteiger partial charge in [-0.3, -0.25) is 4.79 Å². The lowest BCUT2D eigenvalue weighted by atomic mass is 10.2. The Kier molecular flexibility index (Phi) is 5.70. The van der Waals surface area contributed by atoms with Crippen LogP contribution in [0.15, 0.2) is 24.3 Å². The summed E-state index contributed by atoms with van der Waals surface area (Å²) in [6.45, 7) is 5.09. The predicted octanol–water partition coefficient (Wildman–Crippen LogP) is 1.97. The molecule has 0 aromatic heterocycles. The molecular weight excluding hydrogens is 230 g/mol. The molecule has 0 radical (unpaired) electrons. The number of amides is 3. The number of carbonyl (C=O) groups is 2. The van der Waals surface area contributed by atoms with Gasteiger partial charge in [0.25, 0.3) is 5.91 Å². The first kappa shape index (κ1) is 14.0. The minimum absolute atomic E-state index is 0.112. The van der Waals surface area contributed by atoms with Crippen molar-refractivity contribution in [2.24, 2.45) is 0 Å². The van der Waals surface area contributed by atoms with Crippen LogP contribution in [0.25, 0.3) is 0 Å². The highest BCUT2D eigenvalue weighted by Crippen LogP contribution is 2.09. The summed E-state index contributed by atoms with van der Waals surface area (Å²) < 4.78 is 0. The third-order valence-electron chi connectivity index (χ3n) is 2.28. The van der Waals surface area contributed by atoms with E-state index in [1.54, 1.807) is 24.3 Å². The Morgan fingerprint density at radius 3 is 2.28 bits per heavy atom. The second kappa shape index (κ2) is 7.32. The van der Waals surface area contributed by atoms with Crippen LogP contribution < -0.4 is 16.0 Å². The second-order valence-corrected chi connectivity index (χ2v) is 3.82. The number of hydrogen-bond acceptors (Lipinski definition) is 2. The Labute approximate surface area is 107 Å². The SMILES string of the molecule is CCCNC(=O)Nc1ccc(C(=O)NCC)cc1. The van der Waals surface area contributed by atoms with E-state index < -0.39 is 0 Å². The molecule has 3 N–H and O–H groups in total. The number of anilines is 1. The van der Waals surface area contributed by atoms with Gasteiger partial charge in [-0.2, -0.15) is 0 Å². The maximum absolute atomic E-state index is 11.5. The molecule has 5 heteroatoms. The van der Waals surface area contributed by atoms with Crippen LogP contribution >= 0.6 is 0 Å². The summed E-state index contributed by atoms with van der Waals surface area (Å²) in [5, 5.41) is 8.11. The summed E-state index contributed by atoms with van der Waals surface area (Å²) in [5.41, 5.74) is 1.24. The molecule has 0 spiro atoms. The van der Waals surface area contributed by atoms with Gasteiger partial charge in [0.05, 0.1) is 0 Å². The van der Waals surface area contributed by atoms with E-state index in [1.165, 1.54) is 0 Å². The summed E-state index contributed by atoms with van der Waals surface area (Å²) in [6, 6.07) is 6.54. The Bertz CT molecular complexity index is 401. The number of nitrogens with one attached hydrogen (secondary N) is 3. The van der Waals surface area contributed by atoms with Crippen LogP contribution in [0.1, 0.15) is 30.6 Å². The average molecular weight is 249 g/mol. The van der Waals surface area contributed by atoms with E-state index in [4.69, 9.17) is 0 Å². The van der Waals surface area contributed by atoms with Gasteiger partial charge in [0.15, 0.2) is 0 Å². The molecule has 1 aromatic rings. The van der Waals surface area contributed by atoms with Crippen molar-refractivity contribution in [2.75, 3.05) is 18.4 Å². The maximum Gasteiger partial charge on any atom is 0.319 e. The number of hydrogen-bond donors (Lipinski definition) is 3. The van der Waals surface area contributed by atoms with Gasteiger partial charge >= 0.3 is 6.03 Å². The molecule has 1 aromatic carbocycles. The molecule has 0 bridgehead atoms. The Morgan fingerprint density at radius 2 is 1.72 bits per heavy atom. The molecule has 5 nitrogen and oxygen atoms in total. The molecule has 1 rings (SSSR count). The van der Waals surface area contributed by atoms with Gasteiger partial charge in [0.1, 0.15) is 0 Å². The minimum Gasteiger partial charge on any atom is -0.352 e. The summed E-state index contributed by atoms with van der Waals surface area (Å²) in [5.74, 6) is -0.112. The van der Waals surface area contributed by atoms with Crippen molar-refractivity contribution < 1.29 is 9.59 Å². The highest BCUT2D eigenvalue weighted by atomic mass is 16.2. The highest BCUT2D eigenvalue weighted by Gasteiger charge is 2.04. The lowest BCUT2D eigenvalue weighted by Crippen LogP contribution is -2.29. The van der Waals surface area contributed by atoms with Crippen LogP contribution in [0, 0.1) is 0 Å². The number of benzene rings is 1. The summed E-state index contributed by atoms with van der Waals surface area (Å²) in [6.07, 6.45) is 0.892. The van der Waals surface area contributed by atoms with E-state index in [2.05, 4.69) is 16.0 Å². The van der Waals surface area contributed by atoms with Crippen LogP contribution in [0.5, 0.6) is 0 Å². The molecule has 0 unspecified atom stereocenters. The molecule has 18 heavy (non-hydrogen) atoms. The standard InChI is InChI=1S/C13H19N3O2/c1-3-9-15-13(18)16-11-7-5-10(6-8-11)12(17)14-4-2/h5-8H,3-4,9H2,1-2H3,(H,14,17)(H2,15,16,18). The lowest BCUT2D eigenvalue weighted by Gasteiger charge is -2.07. The molecule has 0 atom stereocenters. The van der Waals surface area contributed by atoms with Crippen molar-refractivity contribution in [2.45, 2.75) is 20.3 Å². The third-order valence-corrected chi connectivity index (χ3v) is 2.28. The van der Waals surface area contributed by atoms with Crippen molar-refractivity contribution in [1.82, 2.24) is 10.6 Å². The zero-order valence-corrected chi connectivity index (χ0v) is 10.7. The van der Waals surface area contributed by atoms with E-state index in [1.807, 2.05) is 13.8 Å². The fraction of sp³-hybridized carbons (Fsp3) is 0.385. The van der Waals surface area contributed by atoms with E-state index in [-0.39, 0.29) is 11.9 Å². The maximum atomic E-state index is 11.5. The fourth-order valence-electron chi connectivity index (χ4n) is 1.38. The largest absolute Gasteiger partial charge is 0.352 e. The first-order chi connectivity index (χ1) is 8.67. The van der Waals surface area contributed by atoms with Crippen molar-refractivity contribution >= 4 is 17.6 Å². The van der Waals surface area contributed by atoms with E-state index in [9.17, 15) is 9.59 Å². The lowest BCUT2D eigenvalue weighted by molar-refractivity contribution is 0.0956. The van der Waals surface area contributed by atoms with Crippen molar-refractivity contribution in [3.8, 4) is 0 Å². The van der Waals surface area contributed by atoms with Crippen molar-refractivity contribution in [1.29, 1.82) is 0 Å². The molecule has 0 aliphatic carbocycles. The Hall–Kier alpha value is -2.04. The predicted molar refractivity (Wildman–Crippen MR) is 71.8 cm³/mol. The zero-order chi connectivity index (χ0) is 13.4. The molecule has 98 valence electrons. The number of carbonyl (C=O) groups excluding carboxylic acids is 2. The van der Waals surface area contributed by atoms with Crippen LogP contribution in [0.4, 0.5) is 10.5 Å². The fourth-order valence-corrected chi connectivity index (χ4v) is 1.38. The minimum atomic E-state index is -0.234. The monoisotopic (exact) mass is 249 g/mol. The van der Waals surface area contributed by atoms with Crippen LogP contribution in [0.3, 0.4) is 0 Å². The topological polar surface area (TPSA) is 70.2 Å². The summed E-state index contributed by atoms with van der Waals surface area (Å²) >= 11 is 0. The van der Waals surface area contributed by atoms with Crippen LogP contribution in [-0.4, -0.2) is 25.0 Å². The second-order valence-electron chi connectivity index (χ2n) is 3.82. The highest BCUT2D eigenvalue weighted by molar-refractivity contribution is 5.95. The summed E-state index contributed by atoms with van der Waals surface area (Å²) in [7, 11) is 0. The zero-order valence-electron chi connectivity index (χ0n) is 10.7. The Balaban J connectivity index is 2.55. The summed E-state index contributed by atoms with van der Waals surface area (Å²) in [4.78, 5) is 22.9. The number of urea groups is 1. The van der Waals surface area contributed by atoms with Gasteiger partial charge in [-0.05, 0) is 37.6 Å². The van der Waals surface area contributed by atoms with Crippen molar-refractivity contribution in [3.63, 3.8) is 0 Å². The smallest absolute Gasteiger partial charge is 0.319 e. The molecule has 3 amide bonds. The first-order valence-corrected chi connectivity index (χ1v) is 6.10. The Morgan fingerprint density at radius 1 is 1.06 bits per heavy atom. The third kappa shape index (κ3) is 4.45. The molecular formula is C13H19N3O2. The van der Waals surface area contributed by atoms with Gasteiger partial charge in [-0.1, -0.05) is 6.92 Å². The van der Waals surface area contributed by atoms with Gasteiger partial charge < -0.3 is 16.0 Å². The molecule has 0 aliphatic heterocycles. The van der Waals surface area contributed by atoms with Gasteiger partial charge in [-0.25, -0.2) is 4.79 Å². The van der Waals surface area contributed by atoms with Gasteiger partial charge in [-0.15, -0.1) is 0 Å². The van der Waals surface area contributed by atoms with Crippen LogP contribution in [0.2, 0.25) is 0 Å². The quantitative estimate of drug-likeness (QED) is 0.746. The molecule has 0 saturated heterocycles. The molecule has 0 aliphatic rings. The number of rotatable bonds is 5. The van der Waals surface area contributed by atoms with Crippen molar-refractivity contribution in [3.05, 3.63) is 29.8 Å². The van der Waals surface area contributed by atoms with E-state index in [0.717, 1.165) is 6.42 Å². The molecule has 0 heterocycles. The van der Waals surface area contributed by atoms with Gasteiger partial charge in [0, 0.05) is 24.3 Å². The molecule has 0 saturated carbocycles. The van der Waals surface area contributed by atoms with Crippen LogP contribution in [-0.2, 0) is 0 Å². The normalized spacial score (nSPS) is 9.67. The van der Waals surface area contributed by atoms with E-state index >= 15 is 0 Å². The van der Waals surface area contributed by atoms with E-state index in [0.29, 0.717) is 24.3 Å².